The molecule has 2 aromatic rings. The Labute approximate surface area is 159 Å². The summed E-state index contributed by atoms with van der Waals surface area (Å²) in [5, 5.41) is 14.7. The van der Waals surface area contributed by atoms with Crippen LogP contribution in [-0.2, 0) is 20.1 Å². The number of nitrogens with one attached hydrogen (secondary N) is 2. The van der Waals surface area contributed by atoms with E-state index in [1.165, 1.54) is 0 Å². The van der Waals surface area contributed by atoms with E-state index in [1.54, 1.807) is 7.11 Å². The molecule has 2 N–H and O–H groups in total. The number of guanidine groups is 1. The van der Waals surface area contributed by atoms with E-state index < -0.39 is 0 Å². The third kappa shape index (κ3) is 5.36. The molecule has 0 unspecified atom stereocenters. The second-order valence-electron chi connectivity index (χ2n) is 5.08. The molecule has 0 atom stereocenters. The second-order valence-corrected chi connectivity index (χ2v) is 5.08. The summed E-state index contributed by atoms with van der Waals surface area (Å²) in [6.45, 7) is 5.85. The number of aliphatic imine (C=N–C) groups is 1. The Morgan fingerprint density at radius 2 is 2.00 bits per heavy atom. The number of hydrogen-bond acceptors (Lipinski definition) is 4. The molecule has 0 spiro atoms. The highest BCUT2D eigenvalue weighted by Crippen LogP contribution is 2.17. The number of ether oxygens (including phenoxy) is 1. The van der Waals surface area contributed by atoms with Crippen molar-refractivity contribution in [3.05, 3.63) is 41.5 Å². The lowest BCUT2D eigenvalue weighted by molar-refractivity contribution is 0.410. The van der Waals surface area contributed by atoms with Crippen molar-refractivity contribution in [3.8, 4) is 5.75 Å². The van der Waals surface area contributed by atoms with Gasteiger partial charge in [0, 0.05) is 19.2 Å². The zero-order valence-electron chi connectivity index (χ0n) is 14.5. The molecule has 2 rings (SSSR count). The van der Waals surface area contributed by atoms with Gasteiger partial charge in [0.25, 0.3) is 0 Å². The van der Waals surface area contributed by atoms with Crippen LogP contribution in [0.25, 0.3) is 0 Å². The van der Waals surface area contributed by atoms with Gasteiger partial charge in [0.15, 0.2) is 11.8 Å². The molecule has 0 radical (unpaired) electrons. The van der Waals surface area contributed by atoms with Gasteiger partial charge in [0.05, 0.1) is 20.2 Å². The minimum absolute atomic E-state index is 0. The van der Waals surface area contributed by atoms with Crippen LogP contribution in [0.3, 0.4) is 0 Å². The average Bonchev–Trinajstić information content (AvgIpc) is 2.89. The predicted molar refractivity (Wildman–Crippen MR) is 106 cm³/mol. The maximum absolute atomic E-state index is 5.35. The van der Waals surface area contributed by atoms with Crippen LogP contribution in [0.1, 0.15) is 24.1 Å². The Morgan fingerprint density at radius 3 is 2.62 bits per heavy atom. The molecule has 1 aromatic heterocycles. The molecular formula is C16H25IN6O. The van der Waals surface area contributed by atoms with E-state index in [2.05, 4.69) is 25.8 Å². The van der Waals surface area contributed by atoms with Crippen molar-refractivity contribution in [2.45, 2.75) is 26.9 Å². The van der Waals surface area contributed by atoms with E-state index in [-0.39, 0.29) is 24.0 Å². The SMILES string of the molecule is CCNC(=NCc1ccccc1OC)NCc1nnc(C)n1C.I. The first kappa shape index (κ1) is 20.2. The number of benzene rings is 1. The summed E-state index contributed by atoms with van der Waals surface area (Å²) in [6.07, 6.45) is 0. The molecule has 1 aromatic carbocycles. The van der Waals surface area contributed by atoms with Crippen LogP contribution in [0.15, 0.2) is 29.3 Å². The van der Waals surface area contributed by atoms with E-state index in [1.807, 2.05) is 49.7 Å². The van der Waals surface area contributed by atoms with Crippen LogP contribution in [0, 0.1) is 6.92 Å². The van der Waals surface area contributed by atoms with Crippen molar-refractivity contribution < 1.29 is 4.74 Å². The molecule has 24 heavy (non-hydrogen) atoms. The van der Waals surface area contributed by atoms with Gasteiger partial charge in [0.1, 0.15) is 11.6 Å². The quantitative estimate of drug-likeness (QED) is 0.405. The fourth-order valence-corrected chi connectivity index (χ4v) is 2.11. The first-order valence-corrected chi connectivity index (χ1v) is 7.64. The Kier molecular flexibility index (Phi) is 8.51. The summed E-state index contributed by atoms with van der Waals surface area (Å²) in [5.41, 5.74) is 1.04. The van der Waals surface area contributed by atoms with Gasteiger partial charge in [-0.15, -0.1) is 34.2 Å². The van der Waals surface area contributed by atoms with E-state index in [4.69, 9.17) is 4.74 Å². The van der Waals surface area contributed by atoms with Crippen LogP contribution in [-0.4, -0.2) is 34.4 Å². The third-order valence-corrected chi connectivity index (χ3v) is 3.54. The maximum atomic E-state index is 5.35. The van der Waals surface area contributed by atoms with Crippen molar-refractivity contribution >= 4 is 29.9 Å². The maximum Gasteiger partial charge on any atom is 0.191 e. The minimum Gasteiger partial charge on any atom is -0.496 e. The van der Waals surface area contributed by atoms with Crippen molar-refractivity contribution in [1.29, 1.82) is 0 Å². The third-order valence-electron chi connectivity index (χ3n) is 3.54. The van der Waals surface area contributed by atoms with Gasteiger partial charge in [0.2, 0.25) is 0 Å². The van der Waals surface area contributed by atoms with E-state index in [0.717, 1.165) is 35.5 Å². The topological polar surface area (TPSA) is 76.4 Å². The lowest BCUT2D eigenvalue weighted by Gasteiger charge is -2.12. The van der Waals surface area contributed by atoms with E-state index >= 15 is 0 Å². The number of methoxy groups -OCH3 is 1. The summed E-state index contributed by atoms with van der Waals surface area (Å²) < 4.78 is 7.31. The Bertz CT molecular complexity index is 670. The molecule has 0 aliphatic rings. The smallest absolute Gasteiger partial charge is 0.191 e. The lowest BCUT2D eigenvalue weighted by Crippen LogP contribution is -2.37. The van der Waals surface area contributed by atoms with Crippen molar-refractivity contribution in [1.82, 2.24) is 25.4 Å². The number of halogens is 1. The molecule has 0 saturated carbocycles. The first-order chi connectivity index (χ1) is 11.2. The van der Waals surface area contributed by atoms with Gasteiger partial charge >= 0.3 is 0 Å². The molecule has 7 nitrogen and oxygen atoms in total. The summed E-state index contributed by atoms with van der Waals surface area (Å²) in [7, 11) is 3.62. The van der Waals surface area contributed by atoms with Crippen LogP contribution >= 0.6 is 24.0 Å². The van der Waals surface area contributed by atoms with E-state index in [9.17, 15) is 0 Å². The van der Waals surface area contributed by atoms with Crippen LogP contribution in [0.4, 0.5) is 0 Å². The highest BCUT2D eigenvalue weighted by atomic mass is 127. The average molecular weight is 444 g/mol. The molecule has 1 heterocycles. The standard InChI is InChI=1S/C16H24N6O.HI/c1-5-17-16(19-11-15-21-20-12(2)22(15)3)18-10-13-8-6-7-9-14(13)23-4;/h6-9H,5,10-11H2,1-4H3,(H2,17,18,19);1H. The number of nitrogens with zero attached hydrogens (tertiary/aromatic N) is 4. The predicted octanol–water partition coefficient (Wildman–Crippen LogP) is 2.01. The number of hydrogen-bond donors (Lipinski definition) is 2. The molecule has 0 aliphatic heterocycles. The Hall–Kier alpha value is -1.84. The minimum atomic E-state index is 0. The summed E-state index contributed by atoms with van der Waals surface area (Å²) >= 11 is 0. The van der Waals surface area contributed by atoms with Gasteiger partial charge in [-0.05, 0) is 19.9 Å². The molecule has 0 aliphatic carbocycles. The highest BCUT2D eigenvalue weighted by Gasteiger charge is 2.06. The Balaban J connectivity index is 0.00000288. The number of aryl methyl sites for hydroxylation is 1. The van der Waals surface area contributed by atoms with Gasteiger partial charge in [-0.3, -0.25) is 0 Å². The van der Waals surface area contributed by atoms with Gasteiger partial charge in [-0.2, -0.15) is 0 Å². The Morgan fingerprint density at radius 1 is 1.25 bits per heavy atom. The second kappa shape index (κ2) is 10.1. The number of para-hydroxylation sites is 1. The van der Waals surface area contributed by atoms with Crippen molar-refractivity contribution in [2.24, 2.45) is 12.0 Å². The van der Waals surface area contributed by atoms with Gasteiger partial charge in [-0.25, -0.2) is 4.99 Å². The number of aromatic nitrogens is 3. The summed E-state index contributed by atoms with van der Waals surface area (Å²) in [6, 6.07) is 7.88. The summed E-state index contributed by atoms with van der Waals surface area (Å²) in [5.74, 6) is 3.33. The van der Waals surface area contributed by atoms with Crippen LogP contribution in [0.2, 0.25) is 0 Å². The zero-order chi connectivity index (χ0) is 16.7. The zero-order valence-corrected chi connectivity index (χ0v) is 16.9. The molecular weight excluding hydrogens is 419 g/mol. The number of rotatable bonds is 6. The fraction of sp³-hybridized carbons (Fsp3) is 0.438. The van der Waals surface area contributed by atoms with Gasteiger partial charge in [-0.1, -0.05) is 18.2 Å². The molecule has 0 saturated heterocycles. The van der Waals surface area contributed by atoms with Crippen molar-refractivity contribution in [2.75, 3.05) is 13.7 Å². The van der Waals surface area contributed by atoms with Crippen LogP contribution in [0.5, 0.6) is 5.75 Å². The molecule has 8 heteroatoms. The summed E-state index contributed by atoms with van der Waals surface area (Å²) in [4.78, 5) is 4.60. The lowest BCUT2D eigenvalue weighted by atomic mass is 10.2. The molecule has 0 bridgehead atoms. The van der Waals surface area contributed by atoms with Crippen LogP contribution < -0.4 is 15.4 Å². The normalized spacial score (nSPS) is 10.9. The van der Waals surface area contributed by atoms with Gasteiger partial charge < -0.3 is 19.9 Å². The molecule has 132 valence electrons. The monoisotopic (exact) mass is 444 g/mol. The first-order valence-electron chi connectivity index (χ1n) is 7.64. The van der Waals surface area contributed by atoms with Crippen molar-refractivity contribution in [3.63, 3.8) is 0 Å². The molecule has 0 fully saturated rings. The molecule has 0 amide bonds. The fourth-order valence-electron chi connectivity index (χ4n) is 2.11. The van der Waals surface area contributed by atoms with E-state index in [0.29, 0.717) is 13.1 Å². The largest absolute Gasteiger partial charge is 0.496 e. The highest BCUT2D eigenvalue weighted by molar-refractivity contribution is 14.0.